The molecule has 14 heavy (non-hydrogen) atoms. The zero-order chi connectivity index (χ0) is 10.4. The van der Waals surface area contributed by atoms with Crippen molar-refractivity contribution in [3.63, 3.8) is 0 Å². The summed E-state index contributed by atoms with van der Waals surface area (Å²) in [7, 11) is 0. The minimum atomic E-state index is -0.462. The summed E-state index contributed by atoms with van der Waals surface area (Å²) in [6.07, 6.45) is 4.83. The van der Waals surface area contributed by atoms with Gasteiger partial charge in [0.05, 0.1) is 0 Å². The van der Waals surface area contributed by atoms with Gasteiger partial charge in [0.1, 0.15) is 5.88 Å². The second-order valence-electron chi connectivity index (χ2n) is 3.54. The van der Waals surface area contributed by atoms with Gasteiger partial charge in [-0.3, -0.25) is 10.1 Å². The maximum absolute atomic E-state index is 11.1. The van der Waals surface area contributed by atoms with E-state index in [0.29, 0.717) is 12.5 Å². The van der Waals surface area contributed by atoms with Crippen LogP contribution in [0.3, 0.4) is 0 Å². The molecule has 0 heterocycles. The molecule has 4 nitrogen and oxygen atoms in total. The van der Waals surface area contributed by atoms with Crippen molar-refractivity contribution in [1.29, 1.82) is 0 Å². The zero-order valence-electron chi connectivity index (χ0n) is 8.01. The quantitative estimate of drug-likeness (QED) is 0.701. The van der Waals surface area contributed by atoms with Gasteiger partial charge in [-0.2, -0.15) is 0 Å². The van der Waals surface area contributed by atoms with Crippen LogP contribution >= 0.6 is 11.6 Å². The minimum absolute atomic E-state index is 0.184. The summed E-state index contributed by atoms with van der Waals surface area (Å²) in [6.45, 7) is 0.654. The van der Waals surface area contributed by atoms with E-state index in [2.05, 4.69) is 10.6 Å². The van der Waals surface area contributed by atoms with E-state index in [9.17, 15) is 9.59 Å². The highest BCUT2D eigenvalue weighted by Gasteiger charge is 2.15. The molecule has 1 fully saturated rings. The lowest BCUT2D eigenvalue weighted by atomic mass is 10.1. The van der Waals surface area contributed by atoms with Crippen LogP contribution in [0.15, 0.2) is 0 Å². The lowest BCUT2D eigenvalue weighted by Crippen LogP contribution is -2.41. The highest BCUT2D eigenvalue weighted by molar-refractivity contribution is 6.28. The number of carbonyl (C=O) groups excluding carboxylic acids is 2. The van der Waals surface area contributed by atoms with Crippen molar-refractivity contribution in [2.24, 2.45) is 5.92 Å². The van der Waals surface area contributed by atoms with Gasteiger partial charge in [-0.25, -0.2) is 4.79 Å². The Labute approximate surface area is 88.4 Å². The third-order valence-corrected chi connectivity index (χ3v) is 2.64. The number of hydrogen-bond acceptors (Lipinski definition) is 2. The molecule has 0 saturated heterocycles. The number of halogens is 1. The summed E-state index contributed by atoms with van der Waals surface area (Å²) >= 11 is 5.23. The van der Waals surface area contributed by atoms with Crippen LogP contribution in [-0.4, -0.2) is 24.4 Å². The lowest BCUT2D eigenvalue weighted by molar-refractivity contribution is -0.117. The SMILES string of the molecule is O=C(CCl)NC(=O)NCC1CCCC1. The molecule has 80 valence electrons. The number of imide groups is 1. The number of hydrogen-bond donors (Lipinski definition) is 2. The first kappa shape index (κ1) is 11.3. The summed E-state index contributed by atoms with van der Waals surface area (Å²) in [4.78, 5) is 21.8. The molecule has 0 spiro atoms. The van der Waals surface area contributed by atoms with Gasteiger partial charge < -0.3 is 5.32 Å². The first-order valence-corrected chi connectivity index (χ1v) is 5.39. The van der Waals surface area contributed by atoms with E-state index in [1.807, 2.05) is 0 Å². The molecule has 3 amide bonds. The number of alkyl halides is 1. The molecule has 0 aromatic carbocycles. The first-order valence-electron chi connectivity index (χ1n) is 4.86. The number of carbonyl (C=O) groups is 2. The normalized spacial score (nSPS) is 16.6. The minimum Gasteiger partial charge on any atom is -0.338 e. The van der Waals surface area contributed by atoms with Crippen LogP contribution in [0.25, 0.3) is 0 Å². The molecule has 1 aliphatic rings. The fourth-order valence-electron chi connectivity index (χ4n) is 1.66. The lowest BCUT2D eigenvalue weighted by Gasteiger charge is -2.10. The predicted molar refractivity (Wildman–Crippen MR) is 54.2 cm³/mol. The Balaban J connectivity index is 2.11. The third-order valence-electron chi connectivity index (χ3n) is 2.40. The van der Waals surface area contributed by atoms with Crippen LogP contribution < -0.4 is 10.6 Å². The average molecular weight is 219 g/mol. The van der Waals surface area contributed by atoms with Gasteiger partial charge in [-0.15, -0.1) is 11.6 Å². The molecule has 5 heteroatoms. The number of nitrogens with one attached hydrogen (secondary N) is 2. The molecule has 1 saturated carbocycles. The van der Waals surface area contributed by atoms with Crippen molar-refractivity contribution in [1.82, 2.24) is 10.6 Å². The second kappa shape index (κ2) is 5.86. The summed E-state index contributed by atoms with van der Waals surface area (Å²) in [6, 6.07) is -0.442. The molecule has 1 rings (SSSR count). The van der Waals surface area contributed by atoms with Crippen LogP contribution in [0.1, 0.15) is 25.7 Å². The number of rotatable bonds is 3. The van der Waals surface area contributed by atoms with Crippen LogP contribution in [0.4, 0.5) is 4.79 Å². The molecular weight excluding hydrogens is 204 g/mol. The smallest absolute Gasteiger partial charge is 0.321 e. The highest BCUT2D eigenvalue weighted by atomic mass is 35.5. The Morgan fingerprint density at radius 1 is 1.29 bits per heavy atom. The van der Waals surface area contributed by atoms with Crippen molar-refractivity contribution in [3.8, 4) is 0 Å². The molecule has 0 aliphatic heterocycles. The van der Waals surface area contributed by atoms with Crippen molar-refractivity contribution < 1.29 is 9.59 Å². The van der Waals surface area contributed by atoms with Gasteiger partial charge >= 0.3 is 6.03 Å². The fraction of sp³-hybridized carbons (Fsp3) is 0.778. The van der Waals surface area contributed by atoms with Crippen LogP contribution in [0, 0.1) is 5.92 Å². The van der Waals surface area contributed by atoms with Gasteiger partial charge in [0.2, 0.25) is 5.91 Å². The van der Waals surface area contributed by atoms with Crippen molar-refractivity contribution in [2.45, 2.75) is 25.7 Å². The molecule has 0 aromatic rings. The van der Waals surface area contributed by atoms with Crippen molar-refractivity contribution in [3.05, 3.63) is 0 Å². The highest BCUT2D eigenvalue weighted by Crippen LogP contribution is 2.23. The monoisotopic (exact) mass is 218 g/mol. The standard InChI is InChI=1S/C9H15ClN2O2/c10-5-8(13)12-9(14)11-6-7-3-1-2-4-7/h7H,1-6H2,(H2,11,12,13,14). The van der Waals surface area contributed by atoms with Gasteiger partial charge in [0.25, 0.3) is 0 Å². The Morgan fingerprint density at radius 2 is 1.93 bits per heavy atom. The topological polar surface area (TPSA) is 58.2 Å². The maximum atomic E-state index is 11.1. The molecule has 0 radical (unpaired) electrons. The molecule has 0 aromatic heterocycles. The average Bonchev–Trinajstić information content (AvgIpc) is 2.67. The van der Waals surface area contributed by atoms with E-state index in [1.54, 1.807) is 0 Å². The second-order valence-corrected chi connectivity index (χ2v) is 3.81. The Bertz CT molecular complexity index is 215. The van der Waals surface area contributed by atoms with Crippen molar-refractivity contribution in [2.75, 3.05) is 12.4 Å². The van der Waals surface area contributed by atoms with E-state index >= 15 is 0 Å². The Hall–Kier alpha value is -0.770. The van der Waals surface area contributed by atoms with Crippen LogP contribution in [-0.2, 0) is 4.79 Å². The van der Waals surface area contributed by atoms with Gasteiger partial charge in [0, 0.05) is 6.54 Å². The summed E-state index contributed by atoms with van der Waals surface area (Å²) in [5.74, 6) is -0.0703. The zero-order valence-corrected chi connectivity index (χ0v) is 8.77. The van der Waals surface area contributed by atoms with Crippen LogP contribution in [0.2, 0.25) is 0 Å². The van der Waals surface area contributed by atoms with Gasteiger partial charge in [0.15, 0.2) is 0 Å². The maximum Gasteiger partial charge on any atom is 0.321 e. The first-order chi connectivity index (χ1) is 6.72. The van der Waals surface area contributed by atoms with Gasteiger partial charge in [-0.1, -0.05) is 12.8 Å². The Morgan fingerprint density at radius 3 is 2.50 bits per heavy atom. The summed E-state index contributed by atoms with van der Waals surface area (Å²) in [5, 5.41) is 4.79. The van der Waals surface area contributed by atoms with E-state index in [4.69, 9.17) is 11.6 Å². The fourth-order valence-corrected chi connectivity index (χ4v) is 1.72. The van der Waals surface area contributed by atoms with E-state index in [1.165, 1.54) is 25.7 Å². The van der Waals surface area contributed by atoms with Crippen LogP contribution in [0.5, 0.6) is 0 Å². The molecule has 1 aliphatic carbocycles. The van der Waals surface area contributed by atoms with E-state index < -0.39 is 11.9 Å². The largest absolute Gasteiger partial charge is 0.338 e. The predicted octanol–water partition coefficient (Wildman–Crippen LogP) is 1.24. The molecule has 0 atom stereocenters. The molecule has 0 unspecified atom stereocenters. The third kappa shape index (κ3) is 3.96. The van der Waals surface area contributed by atoms with E-state index in [0.717, 1.165) is 0 Å². The molecule has 0 bridgehead atoms. The van der Waals surface area contributed by atoms with Gasteiger partial charge in [-0.05, 0) is 18.8 Å². The van der Waals surface area contributed by atoms with Crippen molar-refractivity contribution >= 4 is 23.5 Å². The Kier molecular flexibility index (Phi) is 4.73. The summed E-state index contributed by atoms with van der Waals surface area (Å²) in [5.41, 5.74) is 0. The molecular formula is C9H15ClN2O2. The summed E-state index contributed by atoms with van der Waals surface area (Å²) < 4.78 is 0. The number of amides is 3. The van der Waals surface area contributed by atoms with E-state index in [-0.39, 0.29) is 5.88 Å². The number of urea groups is 1. The molecule has 2 N–H and O–H groups in total.